The molecule has 34 heavy (non-hydrogen) atoms. The van der Waals surface area contributed by atoms with E-state index < -0.39 is 5.63 Å². The number of aryl methyl sites for hydroxylation is 1. The third-order valence-electron chi connectivity index (χ3n) is 5.67. The van der Waals surface area contributed by atoms with Crippen LogP contribution in [0, 0.1) is 6.92 Å². The van der Waals surface area contributed by atoms with Crippen LogP contribution in [0.4, 0.5) is 0 Å². The SMILES string of the molecule is COc1ccc2cc(-c3oc4cc(C)oc(=O)c4c3CC(=O)NCc3ccccn3)ccc2c1. The van der Waals surface area contributed by atoms with Gasteiger partial charge in [0.2, 0.25) is 5.91 Å². The van der Waals surface area contributed by atoms with Crippen molar-refractivity contribution in [1.29, 1.82) is 0 Å². The molecule has 5 aromatic rings. The van der Waals surface area contributed by atoms with Crippen molar-refractivity contribution in [2.24, 2.45) is 0 Å². The van der Waals surface area contributed by atoms with E-state index in [0.29, 0.717) is 22.7 Å². The van der Waals surface area contributed by atoms with Gasteiger partial charge in [0.05, 0.1) is 25.8 Å². The number of amides is 1. The molecule has 0 aliphatic carbocycles. The van der Waals surface area contributed by atoms with Crippen LogP contribution >= 0.6 is 0 Å². The van der Waals surface area contributed by atoms with E-state index in [1.54, 1.807) is 26.3 Å². The van der Waals surface area contributed by atoms with Gasteiger partial charge in [-0.15, -0.1) is 0 Å². The lowest BCUT2D eigenvalue weighted by Gasteiger charge is -2.07. The molecule has 0 unspecified atom stereocenters. The van der Waals surface area contributed by atoms with E-state index >= 15 is 0 Å². The fraction of sp³-hybridized carbons (Fsp3) is 0.148. The van der Waals surface area contributed by atoms with Crippen molar-refractivity contribution in [3.63, 3.8) is 0 Å². The molecule has 0 fully saturated rings. The molecule has 3 heterocycles. The molecular weight excluding hydrogens is 432 g/mol. The fourth-order valence-corrected chi connectivity index (χ4v) is 4.03. The quantitative estimate of drug-likeness (QED) is 0.397. The predicted molar refractivity (Wildman–Crippen MR) is 129 cm³/mol. The minimum Gasteiger partial charge on any atom is -0.497 e. The van der Waals surface area contributed by atoms with Gasteiger partial charge in [0.15, 0.2) is 0 Å². The fourth-order valence-electron chi connectivity index (χ4n) is 4.03. The summed E-state index contributed by atoms with van der Waals surface area (Å²) in [6, 6.07) is 18.8. The van der Waals surface area contributed by atoms with E-state index in [2.05, 4.69) is 10.3 Å². The van der Waals surface area contributed by atoms with Crippen molar-refractivity contribution in [3.8, 4) is 17.1 Å². The standard InChI is InChI=1S/C27H22N2O5/c1-16-11-23-25(27(31)33-16)22(14-24(30)29-15-20-5-3-4-10-28-20)26(34-23)19-7-6-18-13-21(32-2)9-8-17(18)12-19/h3-13H,14-15H2,1-2H3,(H,29,30). The normalized spacial score (nSPS) is 11.1. The van der Waals surface area contributed by atoms with Crippen molar-refractivity contribution in [1.82, 2.24) is 10.3 Å². The van der Waals surface area contributed by atoms with Gasteiger partial charge in [0, 0.05) is 23.4 Å². The zero-order valence-corrected chi connectivity index (χ0v) is 18.8. The number of ether oxygens (including phenoxy) is 1. The first-order chi connectivity index (χ1) is 16.5. The average molecular weight is 454 g/mol. The number of aromatic nitrogens is 1. The highest BCUT2D eigenvalue weighted by molar-refractivity contribution is 5.95. The molecule has 0 saturated carbocycles. The molecule has 7 heteroatoms. The summed E-state index contributed by atoms with van der Waals surface area (Å²) in [6.45, 7) is 1.97. The van der Waals surface area contributed by atoms with Gasteiger partial charge < -0.3 is 18.9 Å². The molecule has 1 N–H and O–H groups in total. The van der Waals surface area contributed by atoms with E-state index in [0.717, 1.165) is 27.8 Å². The summed E-state index contributed by atoms with van der Waals surface area (Å²) in [5, 5.41) is 5.13. The zero-order valence-electron chi connectivity index (χ0n) is 18.8. The molecule has 2 aromatic carbocycles. The Kier molecular flexibility index (Phi) is 5.59. The molecular formula is C27H22N2O5. The van der Waals surface area contributed by atoms with Gasteiger partial charge in [-0.1, -0.05) is 24.3 Å². The topological polar surface area (TPSA) is 94.6 Å². The van der Waals surface area contributed by atoms with Crippen LogP contribution in [-0.2, 0) is 17.8 Å². The van der Waals surface area contributed by atoms with Crippen molar-refractivity contribution in [3.05, 3.63) is 94.3 Å². The van der Waals surface area contributed by atoms with Crippen molar-refractivity contribution in [2.45, 2.75) is 19.9 Å². The molecule has 0 radical (unpaired) electrons. The van der Waals surface area contributed by atoms with Crippen LogP contribution in [0.2, 0.25) is 0 Å². The largest absolute Gasteiger partial charge is 0.497 e. The first-order valence-electron chi connectivity index (χ1n) is 10.8. The number of hydrogen-bond donors (Lipinski definition) is 1. The number of furan rings is 1. The highest BCUT2D eigenvalue weighted by Crippen LogP contribution is 2.35. The maximum atomic E-state index is 12.8. The second-order valence-electron chi connectivity index (χ2n) is 8.00. The van der Waals surface area contributed by atoms with Crippen molar-refractivity contribution in [2.75, 3.05) is 7.11 Å². The summed E-state index contributed by atoms with van der Waals surface area (Å²) >= 11 is 0. The predicted octanol–water partition coefficient (Wildman–Crippen LogP) is 4.78. The van der Waals surface area contributed by atoms with Gasteiger partial charge >= 0.3 is 5.63 Å². The van der Waals surface area contributed by atoms with Gasteiger partial charge in [0.25, 0.3) is 0 Å². The molecule has 1 amide bonds. The number of carbonyl (C=O) groups excluding carboxylic acids is 1. The molecule has 7 nitrogen and oxygen atoms in total. The Labute approximate surface area is 195 Å². The lowest BCUT2D eigenvalue weighted by molar-refractivity contribution is -0.120. The second-order valence-corrected chi connectivity index (χ2v) is 8.00. The van der Waals surface area contributed by atoms with E-state index in [-0.39, 0.29) is 24.3 Å². The van der Waals surface area contributed by atoms with Gasteiger partial charge in [0.1, 0.15) is 28.2 Å². The second kappa shape index (κ2) is 8.86. The highest BCUT2D eigenvalue weighted by atomic mass is 16.5. The Morgan fingerprint density at radius 2 is 1.85 bits per heavy atom. The minimum atomic E-state index is -0.525. The summed E-state index contributed by atoms with van der Waals surface area (Å²) in [7, 11) is 1.63. The first-order valence-corrected chi connectivity index (χ1v) is 10.8. The molecule has 0 aliphatic rings. The number of nitrogens with zero attached hydrogens (tertiary/aromatic N) is 1. The monoisotopic (exact) mass is 454 g/mol. The Morgan fingerprint density at radius 3 is 2.65 bits per heavy atom. The Hall–Kier alpha value is -4.39. The van der Waals surface area contributed by atoms with Crippen LogP contribution < -0.4 is 15.7 Å². The Morgan fingerprint density at radius 1 is 1.03 bits per heavy atom. The van der Waals surface area contributed by atoms with Crippen LogP contribution in [0.1, 0.15) is 17.0 Å². The summed E-state index contributed by atoms with van der Waals surface area (Å²) in [4.78, 5) is 29.8. The molecule has 0 aliphatic heterocycles. The molecule has 0 saturated heterocycles. The van der Waals surface area contributed by atoms with E-state index in [9.17, 15) is 9.59 Å². The highest BCUT2D eigenvalue weighted by Gasteiger charge is 2.22. The van der Waals surface area contributed by atoms with Crippen LogP contribution in [0.25, 0.3) is 33.1 Å². The maximum Gasteiger partial charge on any atom is 0.347 e. The molecule has 3 aromatic heterocycles. The summed E-state index contributed by atoms with van der Waals surface area (Å²) in [5.74, 6) is 1.43. The van der Waals surface area contributed by atoms with Crippen LogP contribution in [0.15, 0.2) is 80.5 Å². The Bertz CT molecular complexity index is 1570. The van der Waals surface area contributed by atoms with Crippen LogP contribution in [0.5, 0.6) is 5.75 Å². The number of benzene rings is 2. The summed E-state index contributed by atoms with van der Waals surface area (Å²) < 4.78 is 16.7. The van der Waals surface area contributed by atoms with Gasteiger partial charge in [-0.25, -0.2) is 4.79 Å². The number of nitrogens with one attached hydrogen (secondary N) is 1. The summed E-state index contributed by atoms with van der Waals surface area (Å²) in [6.07, 6.45) is 1.63. The van der Waals surface area contributed by atoms with Gasteiger partial charge in [-0.3, -0.25) is 9.78 Å². The lowest BCUT2D eigenvalue weighted by atomic mass is 10.0. The molecule has 5 rings (SSSR count). The lowest BCUT2D eigenvalue weighted by Crippen LogP contribution is -2.25. The van der Waals surface area contributed by atoms with Crippen LogP contribution in [-0.4, -0.2) is 18.0 Å². The third kappa shape index (κ3) is 4.15. The number of pyridine rings is 1. The zero-order chi connectivity index (χ0) is 23.7. The third-order valence-corrected chi connectivity index (χ3v) is 5.67. The number of rotatable bonds is 6. The molecule has 170 valence electrons. The molecule has 0 spiro atoms. The molecule has 0 atom stereocenters. The number of hydrogen-bond acceptors (Lipinski definition) is 6. The number of methoxy groups -OCH3 is 1. The number of carbonyl (C=O) groups is 1. The van der Waals surface area contributed by atoms with Crippen molar-refractivity contribution < 1.29 is 18.4 Å². The molecule has 0 bridgehead atoms. The summed E-state index contributed by atoms with van der Waals surface area (Å²) in [5.41, 5.74) is 1.87. The van der Waals surface area contributed by atoms with Crippen molar-refractivity contribution >= 4 is 27.6 Å². The van der Waals surface area contributed by atoms with E-state index in [1.807, 2.05) is 54.6 Å². The first kappa shape index (κ1) is 21.5. The van der Waals surface area contributed by atoms with E-state index in [4.69, 9.17) is 13.6 Å². The maximum absolute atomic E-state index is 12.8. The van der Waals surface area contributed by atoms with Gasteiger partial charge in [-0.05, 0) is 48.0 Å². The van der Waals surface area contributed by atoms with E-state index in [1.165, 1.54) is 0 Å². The Balaban J connectivity index is 1.55. The smallest absolute Gasteiger partial charge is 0.347 e. The van der Waals surface area contributed by atoms with Gasteiger partial charge in [-0.2, -0.15) is 0 Å². The minimum absolute atomic E-state index is 0.0381. The average Bonchev–Trinajstić information content (AvgIpc) is 3.20. The number of fused-ring (bicyclic) bond motifs is 2. The van der Waals surface area contributed by atoms with Crippen LogP contribution in [0.3, 0.4) is 0 Å².